The van der Waals surface area contributed by atoms with Crippen molar-refractivity contribution in [3.63, 3.8) is 0 Å². The Morgan fingerprint density at radius 2 is 2.15 bits per heavy atom. The summed E-state index contributed by atoms with van der Waals surface area (Å²) in [6, 6.07) is 3.36. The van der Waals surface area contributed by atoms with Crippen LogP contribution in [0.25, 0.3) is 0 Å². The van der Waals surface area contributed by atoms with Crippen molar-refractivity contribution in [1.82, 2.24) is 10.2 Å². The molecule has 2 heterocycles. The maximum Gasteiger partial charge on any atom is 0.223 e. The lowest BCUT2D eigenvalue weighted by Crippen LogP contribution is -2.37. The van der Waals surface area contributed by atoms with Gasteiger partial charge < -0.3 is 15.3 Å². The second-order valence-electron chi connectivity index (χ2n) is 5.39. The second kappa shape index (κ2) is 5.43. The molecule has 2 fully saturated rings. The molecule has 0 radical (unpaired) electrons. The minimum absolute atomic E-state index is 0.0886. The molecule has 1 aromatic rings. The molecule has 0 aliphatic carbocycles. The highest BCUT2D eigenvalue weighted by atomic mass is 35.5. The van der Waals surface area contributed by atoms with E-state index in [1.54, 1.807) is 6.07 Å². The Morgan fingerprint density at radius 1 is 1.35 bits per heavy atom. The summed E-state index contributed by atoms with van der Waals surface area (Å²) in [5.41, 5.74) is 0.598. The van der Waals surface area contributed by atoms with Crippen LogP contribution in [0.15, 0.2) is 12.1 Å². The van der Waals surface area contributed by atoms with Gasteiger partial charge in [0.1, 0.15) is 5.75 Å². The molecule has 0 saturated carbocycles. The van der Waals surface area contributed by atoms with Crippen molar-refractivity contribution in [2.45, 2.75) is 24.8 Å². The van der Waals surface area contributed by atoms with Crippen molar-refractivity contribution < 1.29 is 9.90 Å². The van der Waals surface area contributed by atoms with Crippen molar-refractivity contribution in [3.8, 4) is 5.75 Å². The summed E-state index contributed by atoms with van der Waals surface area (Å²) in [6.45, 7) is 2.38. The first-order valence-electron chi connectivity index (χ1n) is 6.75. The van der Waals surface area contributed by atoms with E-state index >= 15 is 0 Å². The maximum atomic E-state index is 12.2. The van der Waals surface area contributed by atoms with Crippen LogP contribution in [0.1, 0.15) is 24.3 Å². The van der Waals surface area contributed by atoms with Gasteiger partial charge in [0.2, 0.25) is 5.91 Å². The Morgan fingerprint density at radius 3 is 2.85 bits per heavy atom. The summed E-state index contributed by atoms with van der Waals surface area (Å²) >= 11 is 12.2. The molecule has 1 aromatic carbocycles. The normalized spacial score (nSPS) is 26.5. The van der Waals surface area contributed by atoms with Crippen LogP contribution in [-0.2, 0) is 4.79 Å². The number of amides is 1. The molecular weight excluding hydrogens is 299 g/mol. The van der Waals surface area contributed by atoms with Crippen molar-refractivity contribution in [2.24, 2.45) is 0 Å². The molecule has 3 rings (SSSR count). The Labute approximate surface area is 127 Å². The number of carbonyl (C=O) groups excluding carboxylic acids is 1. The van der Waals surface area contributed by atoms with E-state index in [9.17, 15) is 9.90 Å². The summed E-state index contributed by atoms with van der Waals surface area (Å²) < 4.78 is 0. The highest BCUT2D eigenvalue weighted by molar-refractivity contribution is 6.42. The number of benzene rings is 1. The Balaban J connectivity index is 1.86. The van der Waals surface area contributed by atoms with Crippen LogP contribution in [0.3, 0.4) is 0 Å². The van der Waals surface area contributed by atoms with E-state index in [-0.39, 0.29) is 23.6 Å². The summed E-state index contributed by atoms with van der Waals surface area (Å²) in [7, 11) is 0. The monoisotopic (exact) mass is 314 g/mol. The molecule has 2 aliphatic rings. The molecular formula is C14H16Cl2N2O2. The third-order valence-electron chi connectivity index (χ3n) is 4.15. The van der Waals surface area contributed by atoms with E-state index in [4.69, 9.17) is 23.2 Å². The highest BCUT2D eigenvalue weighted by Crippen LogP contribution is 2.42. The first-order valence-corrected chi connectivity index (χ1v) is 7.50. The summed E-state index contributed by atoms with van der Waals surface area (Å²) in [5.74, 6) is 0.150. The van der Waals surface area contributed by atoms with E-state index in [0.717, 1.165) is 19.5 Å². The van der Waals surface area contributed by atoms with Crippen molar-refractivity contribution >= 4 is 29.1 Å². The lowest BCUT2D eigenvalue weighted by Gasteiger charge is -2.24. The van der Waals surface area contributed by atoms with Gasteiger partial charge in [0.05, 0.1) is 10.0 Å². The number of phenols is 1. The fourth-order valence-corrected chi connectivity index (χ4v) is 3.61. The van der Waals surface area contributed by atoms with Crippen molar-refractivity contribution in [2.75, 3.05) is 19.6 Å². The zero-order valence-corrected chi connectivity index (χ0v) is 12.4. The number of hydrogen-bond acceptors (Lipinski definition) is 3. The fourth-order valence-electron chi connectivity index (χ4n) is 3.13. The van der Waals surface area contributed by atoms with Crippen LogP contribution >= 0.6 is 23.2 Å². The smallest absolute Gasteiger partial charge is 0.223 e. The molecule has 20 heavy (non-hydrogen) atoms. The maximum absolute atomic E-state index is 12.2. The number of aromatic hydroxyl groups is 1. The van der Waals surface area contributed by atoms with E-state index in [2.05, 4.69) is 5.32 Å². The molecule has 108 valence electrons. The number of hydrogen-bond donors (Lipinski definition) is 2. The number of nitrogens with zero attached hydrogens (tertiary/aromatic N) is 1. The van der Waals surface area contributed by atoms with Gasteiger partial charge >= 0.3 is 0 Å². The van der Waals surface area contributed by atoms with Gasteiger partial charge in [-0.25, -0.2) is 0 Å². The standard InChI is InChI=1S/C14H16Cl2N2O2/c15-10-1-2-11(19)13(14(10)16)8-5-12(20)18(7-8)9-3-4-17-6-9/h1-2,8-9,17,19H,3-7H2/t8-,9-/m0/s1. The number of carbonyl (C=O) groups is 1. The number of nitrogens with one attached hydrogen (secondary N) is 1. The first-order chi connectivity index (χ1) is 9.58. The molecule has 2 aliphatic heterocycles. The number of halogens is 2. The molecule has 2 saturated heterocycles. The van der Waals surface area contributed by atoms with Crippen LogP contribution in [-0.4, -0.2) is 41.6 Å². The Kier molecular flexibility index (Phi) is 3.80. The lowest BCUT2D eigenvalue weighted by atomic mass is 9.97. The van der Waals surface area contributed by atoms with Crippen molar-refractivity contribution in [1.29, 1.82) is 0 Å². The second-order valence-corrected chi connectivity index (χ2v) is 6.17. The van der Waals surface area contributed by atoms with Gasteiger partial charge in [-0.05, 0) is 25.1 Å². The van der Waals surface area contributed by atoms with Gasteiger partial charge in [0.25, 0.3) is 0 Å². The minimum atomic E-state index is -0.0886. The molecule has 2 N–H and O–H groups in total. The fraction of sp³-hybridized carbons (Fsp3) is 0.500. The molecule has 6 heteroatoms. The third kappa shape index (κ3) is 2.36. The van der Waals surface area contributed by atoms with E-state index in [0.29, 0.717) is 28.6 Å². The van der Waals surface area contributed by atoms with E-state index in [1.807, 2.05) is 4.90 Å². The molecule has 0 unspecified atom stereocenters. The Bertz CT molecular complexity index is 544. The zero-order chi connectivity index (χ0) is 14.3. The molecule has 1 amide bonds. The molecule has 0 bridgehead atoms. The van der Waals surface area contributed by atoms with Gasteiger partial charge in [-0.2, -0.15) is 0 Å². The third-order valence-corrected chi connectivity index (χ3v) is 4.97. The summed E-state index contributed by atoms with van der Waals surface area (Å²) in [4.78, 5) is 14.1. The van der Waals surface area contributed by atoms with E-state index < -0.39 is 0 Å². The van der Waals surface area contributed by atoms with Crippen molar-refractivity contribution in [3.05, 3.63) is 27.7 Å². The molecule has 2 atom stereocenters. The quantitative estimate of drug-likeness (QED) is 0.881. The topological polar surface area (TPSA) is 52.6 Å². The number of likely N-dealkylation sites (tertiary alicyclic amines) is 1. The summed E-state index contributed by atoms with van der Waals surface area (Å²) in [6.07, 6.45) is 1.36. The summed E-state index contributed by atoms with van der Waals surface area (Å²) in [5, 5.41) is 14.1. The number of rotatable bonds is 2. The Hall–Kier alpha value is -0.970. The van der Waals surface area contributed by atoms with Crippen LogP contribution in [0, 0.1) is 0 Å². The highest BCUT2D eigenvalue weighted by Gasteiger charge is 2.38. The molecule has 4 nitrogen and oxygen atoms in total. The van der Waals surface area contributed by atoms with Gasteiger partial charge in [0, 0.05) is 37.0 Å². The van der Waals surface area contributed by atoms with Gasteiger partial charge in [0.15, 0.2) is 0 Å². The predicted molar refractivity (Wildman–Crippen MR) is 78.5 cm³/mol. The van der Waals surface area contributed by atoms with Crippen LogP contribution in [0.2, 0.25) is 10.0 Å². The number of phenolic OH excluding ortho intramolecular Hbond substituents is 1. The van der Waals surface area contributed by atoms with Crippen LogP contribution in [0.5, 0.6) is 5.75 Å². The van der Waals surface area contributed by atoms with Crippen LogP contribution < -0.4 is 5.32 Å². The van der Waals surface area contributed by atoms with E-state index in [1.165, 1.54) is 6.07 Å². The van der Waals surface area contributed by atoms with Gasteiger partial charge in [-0.15, -0.1) is 0 Å². The van der Waals surface area contributed by atoms with Gasteiger partial charge in [-0.1, -0.05) is 23.2 Å². The molecule has 0 spiro atoms. The predicted octanol–water partition coefficient (Wildman–Crippen LogP) is 2.38. The van der Waals surface area contributed by atoms with Gasteiger partial charge in [-0.3, -0.25) is 4.79 Å². The average Bonchev–Trinajstić information content (AvgIpc) is 3.04. The lowest BCUT2D eigenvalue weighted by molar-refractivity contribution is -0.129. The van der Waals surface area contributed by atoms with Crippen LogP contribution in [0.4, 0.5) is 0 Å². The largest absolute Gasteiger partial charge is 0.508 e. The SMILES string of the molecule is O=C1C[C@H](c2c(O)ccc(Cl)c2Cl)CN1[C@H]1CCNC1. The average molecular weight is 315 g/mol. The first kappa shape index (κ1) is 14.0. The minimum Gasteiger partial charge on any atom is -0.508 e. The molecule has 0 aromatic heterocycles. The zero-order valence-electron chi connectivity index (χ0n) is 10.9.